The fourth-order valence-corrected chi connectivity index (χ4v) is 4.63. The number of hydrogen-bond donors (Lipinski definition) is 5. The first-order valence-corrected chi connectivity index (χ1v) is 19.1. The molecule has 7 N–H and O–H groups in total. The van der Waals surface area contributed by atoms with Gasteiger partial charge in [-0.1, -0.05) is 33.7 Å². The Labute approximate surface area is 398 Å². The topological polar surface area (TPSA) is 321 Å². The molecule has 22 nitrogen and oxygen atoms in total. The molecule has 0 saturated heterocycles. The number of aromatic nitrogens is 9. The largest absolute Gasteiger partial charge is 0.460 e. The summed E-state index contributed by atoms with van der Waals surface area (Å²) in [6.45, 7) is 7.17. The van der Waals surface area contributed by atoms with E-state index in [0.717, 1.165) is 17.1 Å². The maximum atomic E-state index is 12.0. The zero-order valence-corrected chi connectivity index (χ0v) is 38.8. The van der Waals surface area contributed by atoms with Crippen molar-refractivity contribution < 1.29 is 37.5 Å². The molecule has 0 aromatic carbocycles. The van der Waals surface area contributed by atoms with E-state index >= 15 is 0 Å². The van der Waals surface area contributed by atoms with Crippen LogP contribution in [-0.4, -0.2) is 87.8 Å². The molecule has 6 rings (SSSR count). The lowest BCUT2D eigenvalue weighted by Gasteiger charge is -2.19. The van der Waals surface area contributed by atoms with Crippen molar-refractivity contribution in [1.82, 2.24) is 61.3 Å². The minimum Gasteiger partial charge on any atom is -0.460 e. The van der Waals surface area contributed by atoms with Gasteiger partial charge < -0.3 is 45.7 Å². The molecule has 0 aliphatic rings. The Morgan fingerprint density at radius 2 is 0.892 bits per heavy atom. The summed E-state index contributed by atoms with van der Waals surface area (Å²) in [5.41, 5.74) is 12.4. The van der Waals surface area contributed by atoms with Crippen molar-refractivity contribution in [3.8, 4) is 0 Å². The standard InChI is InChI=1S/C17H22N4O4.2C11H13N5O2.4ClH/c1-17(2,3)24-14(22)9-6-8-13-20-15(21-25-13)16(23)19-11-12-7-4-5-10-18-12;2*12-5-4-9-15-10(16-18-9)11(17)14-7-8-3-1-2-6-13-8;;;;/h4-5,7,10H,6,8-9,11H2,1-3H3,(H,19,23);2*1-3,6H,4-5,7,12H2,(H,14,17);4*1H. The summed E-state index contributed by atoms with van der Waals surface area (Å²) in [6.07, 6.45) is 7.05. The summed E-state index contributed by atoms with van der Waals surface area (Å²) in [7, 11) is 0. The maximum absolute atomic E-state index is 12.0. The van der Waals surface area contributed by atoms with Crippen LogP contribution >= 0.6 is 49.6 Å². The van der Waals surface area contributed by atoms with Gasteiger partial charge >= 0.3 is 5.97 Å². The summed E-state index contributed by atoms with van der Waals surface area (Å²) < 4.78 is 20.0. The van der Waals surface area contributed by atoms with Crippen molar-refractivity contribution in [2.75, 3.05) is 13.1 Å². The van der Waals surface area contributed by atoms with E-state index in [0.29, 0.717) is 69.5 Å². The predicted molar refractivity (Wildman–Crippen MR) is 242 cm³/mol. The number of rotatable bonds is 17. The number of pyridine rings is 3. The van der Waals surface area contributed by atoms with Gasteiger partial charge in [-0.2, -0.15) is 15.0 Å². The van der Waals surface area contributed by atoms with Crippen LogP contribution < -0.4 is 27.4 Å². The molecule has 65 heavy (non-hydrogen) atoms. The van der Waals surface area contributed by atoms with E-state index in [4.69, 9.17) is 29.8 Å². The first-order valence-electron chi connectivity index (χ1n) is 19.1. The monoisotopic (exact) mass is 984 g/mol. The van der Waals surface area contributed by atoms with Crippen LogP contribution in [0.25, 0.3) is 0 Å². The second-order valence-corrected chi connectivity index (χ2v) is 13.6. The van der Waals surface area contributed by atoms with Gasteiger partial charge in [0.1, 0.15) is 5.60 Å². The van der Waals surface area contributed by atoms with Crippen LogP contribution in [0.2, 0.25) is 0 Å². The van der Waals surface area contributed by atoms with Gasteiger partial charge in [-0.25, -0.2) is 0 Å². The third kappa shape index (κ3) is 22.8. The van der Waals surface area contributed by atoms with Gasteiger partial charge in [0.05, 0.1) is 36.7 Å². The van der Waals surface area contributed by atoms with E-state index in [1.807, 2.05) is 63.2 Å². The Bertz CT molecular complexity index is 2150. The van der Waals surface area contributed by atoms with Gasteiger partial charge in [0.15, 0.2) is 0 Å². The van der Waals surface area contributed by atoms with Crippen LogP contribution in [0.3, 0.4) is 0 Å². The molecule has 6 heterocycles. The highest BCUT2D eigenvalue weighted by Crippen LogP contribution is 2.11. The Hall–Kier alpha value is -6.17. The summed E-state index contributed by atoms with van der Waals surface area (Å²) in [5, 5.41) is 18.8. The Balaban J connectivity index is 0.000000933. The van der Waals surface area contributed by atoms with Crippen LogP contribution in [0, 0.1) is 0 Å². The quantitative estimate of drug-likeness (QED) is 0.0816. The summed E-state index contributed by atoms with van der Waals surface area (Å²) in [6, 6.07) is 16.4. The Morgan fingerprint density at radius 1 is 0.554 bits per heavy atom. The fourth-order valence-electron chi connectivity index (χ4n) is 4.63. The highest BCUT2D eigenvalue weighted by molar-refractivity contribution is 5.91. The molecule has 26 heteroatoms. The number of ether oxygens (including phenoxy) is 1. The van der Waals surface area contributed by atoms with E-state index in [2.05, 4.69) is 61.3 Å². The number of hydrogen-bond acceptors (Lipinski definition) is 19. The van der Waals surface area contributed by atoms with Crippen LogP contribution in [0.1, 0.15) is 100 Å². The van der Waals surface area contributed by atoms with E-state index < -0.39 is 23.3 Å². The Morgan fingerprint density at radius 3 is 1.18 bits per heavy atom. The smallest absolute Gasteiger partial charge is 0.306 e. The highest BCUT2D eigenvalue weighted by atomic mass is 35.5. The summed E-state index contributed by atoms with van der Waals surface area (Å²) in [5.74, 6) is -0.493. The van der Waals surface area contributed by atoms with Gasteiger partial charge in [-0.15, -0.1) is 49.6 Å². The van der Waals surface area contributed by atoms with Crippen molar-refractivity contribution in [2.45, 2.75) is 78.1 Å². The van der Waals surface area contributed by atoms with Gasteiger partial charge in [-0.3, -0.25) is 34.1 Å². The zero-order valence-electron chi connectivity index (χ0n) is 35.6. The minimum absolute atomic E-state index is 0. The molecule has 6 aromatic rings. The zero-order chi connectivity index (χ0) is 43.9. The number of aryl methyl sites for hydroxylation is 1. The molecular weight excluding hydrogens is 934 g/mol. The van der Waals surface area contributed by atoms with Crippen LogP contribution in [-0.2, 0) is 48.4 Å². The van der Waals surface area contributed by atoms with Crippen LogP contribution in [0.4, 0.5) is 0 Å². The molecule has 0 spiro atoms. The number of nitrogens with two attached hydrogens (primary N) is 2. The molecule has 0 radical (unpaired) electrons. The Kier molecular flexibility index (Phi) is 28.6. The predicted octanol–water partition coefficient (Wildman–Crippen LogP) is 3.54. The van der Waals surface area contributed by atoms with E-state index in [1.54, 1.807) is 30.7 Å². The van der Waals surface area contributed by atoms with Gasteiger partial charge in [0, 0.05) is 57.4 Å². The average Bonchev–Trinajstić information content (AvgIpc) is 4.05. The number of esters is 1. The van der Waals surface area contributed by atoms with Gasteiger partial charge in [-0.05, 0) is 63.6 Å². The molecule has 0 atom stereocenters. The molecule has 0 aliphatic heterocycles. The molecule has 3 amide bonds. The van der Waals surface area contributed by atoms with Crippen molar-refractivity contribution >= 4 is 73.3 Å². The first kappa shape index (κ1) is 58.8. The number of nitrogens with zero attached hydrogens (tertiary/aromatic N) is 9. The molecule has 0 bridgehead atoms. The molecular formula is C39H52Cl4N14O8. The number of halogens is 4. The highest BCUT2D eigenvalue weighted by Gasteiger charge is 2.18. The number of carbonyl (C=O) groups excluding carboxylic acids is 4. The van der Waals surface area contributed by atoms with Crippen molar-refractivity contribution in [1.29, 1.82) is 0 Å². The van der Waals surface area contributed by atoms with E-state index in [1.165, 1.54) is 0 Å². The number of amides is 3. The summed E-state index contributed by atoms with van der Waals surface area (Å²) >= 11 is 0. The van der Waals surface area contributed by atoms with E-state index in [-0.39, 0.29) is 86.0 Å². The first-order chi connectivity index (χ1) is 29.4. The normalized spacial score (nSPS) is 9.98. The molecule has 0 aliphatic carbocycles. The fraction of sp³-hybridized carbons (Fsp3) is 0.359. The molecule has 0 unspecified atom stereocenters. The number of carbonyl (C=O) groups is 4. The molecule has 6 aromatic heterocycles. The minimum atomic E-state index is -0.500. The summed E-state index contributed by atoms with van der Waals surface area (Å²) in [4.78, 5) is 71.1. The van der Waals surface area contributed by atoms with Crippen molar-refractivity contribution in [2.24, 2.45) is 11.5 Å². The number of nitrogens with one attached hydrogen (secondary N) is 3. The lowest BCUT2D eigenvalue weighted by molar-refractivity contribution is -0.154. The third-order valence-corrected chi connectivity index (χ3v) is 7.39. The average molecular weight is 987 g/mol. The van der Waals surface area contributed by atoms with E-state index in [9.17, 15) is 19.2 Å². The van der Waals surface area contributed by atoms with Crippen molar-refractivity contribution in [3.05, 3.63) is 125 Å². The van der Waals surface area contributed by atoms with Crippen molar-refractivity contribution in [3.63, 3.8) is 0 Å². The van der Waals surface area contributed by atoms with Crippen LogP contribution in [0.15, 0.2) is 86.8 Å². The van der Waals surface area contributed by atoms with Gasteiger partial charge in [0.25, 0.3) is 35.2 Å². The molecule has 354 valence electrons. The second kappa shape index (κ2) is 31.6. The lowest BCUT2D eigenvalue weighted by atomic mass is 10.2. The maximum Gasteiger partial charge on any atom is 0.306 e. The molecule has 0 saturated carbocycles. The second-order valence-electron chi connectivity index (χ2n) is 13.6. The van der Waals surface area contributed by atoms with Gasteiger partial charge in [0.2, 0.25) is 17.7 Å². The lowest BCUT2D eigenvalue weighted by Crippen LogP contribution is -2.24. The SMILES string of the molecule is CC(C)(C)OC(=O)CCCc1nc(C(=O)NCc2ccccn2)no1.Cl.Cl.Cl.Cl.NCCc1nc(C(=O)NCc2ccccn2)no1.NCCc1nc(C(=O)NCc2ccccn2)no1. The third-order valence-electron chi connectivity index (χ3n) is 7.39. The molecule has 0 fully saturated rings. The van der Waals surface area contributed by atoms with Crippen LogP contribution in [0.5, 0.6) is 0 Å².